The van der Waals surface area contributed by atoms with Gasteiger partial charge in [-0.2, -0.15) is 0 Å². The second-order valence-corrected chi connectivity index (χ2v) is 6.46. The van der Waals surface area contributed by atoms with Gasteiger partial charge in [-0.05, 0) is 61.1 Å². The van der Waals surface area contributed by atoms with Crippen LogP contribution in [0.5, 0.6) is 0 Å². The molecule has 2 aromatic carbocycles. The first kappa shape index (κ1) is 19.3. The summed E-state index contributed by atoms with van der Waals surface area (Å²) in [5.74, 6) is -0.239. The van der Waals surface area contributed by atoms with Gasteiger partial charge in [-0.25, -0.2) is 4.39 Å². The van der Waals surface area contributed by atoms with E-state index in [1.165, 1.54) is 11.6 Å². The molecule has 0 heterocycles. The highest BCUT2D eigenvalue weighted by molar-refractivity contribution is 7.80. The van der Waals surface area contributed by atoms with E-state index in [-0.39, 0.29) is 5.82 Å². The Kier molecular flexibility index (Phi) is 7.34. The first-order chi connectivity index (χ1) is 12.0. The molecule has 0 bridgehead atoms. The molecule has 2 rings (SSSR count). The Morgan fingerprint density at radius 1 is 1.04 bits per heavy atom. The number of nitrogens with zero attached hydrogens (tertiary/aromatic N) is 1. The lowest BCUT2D eigenvalue weighted by molar-refractivity contribution is 0.296. The minimum Gasteiger partial charge on any atom is -0.358 e. The summed E-state index contributed by atoms with van der Waals surface area (Å²) < 4.78 is 13.6. The lowest BCUT2D eigenvalue weighted by Crippen LogP contribution is -2.28. The van der Waals surface area contributed by atoms with E-state index in [2.05, 4.69) is 53.6 Å². The molecule has 0 amide bonds. The summed E-state index contributed by atoms with van der Waals surface area (Å²) in [5.41, 5.74) is 3.73. The monoisotopic (exact) mass is 359 g/mol. The number of halogens is 1. The van der Waals surface area contributed by atoms with E-state index in [0.717, 1.165) is 25.2 Å². The van der Waals surface area contributed by atoms with Crippen molar-refractivity contribution in [2.24, 2.45) is 0 Å². The maximum absolute atomic E-state index is 13.6. The molecule has 0 aliphatic heterocycles. The molecule has 0 spiro atoms. The van der Waals surface area contributed by atoms with Gasteiger partial charge in [0.05, 0.1) is 0 Å². The van der Waals surface area contributed by atoms with Gasteiger partial charge in [-0.15, -0.1) is 0 Å². The van der Waals surface area contributed by atoms with Gasteiger partial charge in [0.15, 0.2) is 5.11 Å². The SMILES string of the molecule is CCN(CC)Cc1ccc(CNC(=S)Nc2ccc(C)c(F)c2)cc1. The lowest BCUT2D eigenvalue weighted by Gasteiger charge is -2.18. The summed E-state index contributed by atoms with van der Waals surface area (Å²) in [6.07, 6.45) is 0. The zero-order chi connectivity index (χ0) is 18.2. The topological polar surface area (TPSA) is 27.3 Å². The lowest BCUT2D eigenvalue weighted by atomic mass is 10.1. The van der Waals surface area contributed by atoms with E-state index in [9.17, 15) is 4.39 Å². The summed E-state index contributed by atoms with van der Waals surface area (Å²) in [7, 11) is 0. The second-order valence-electron chi connectivity index (χ2n) is 6.05. The molecule has 5 heteroatoms. The van der Waals surface area contributed by atoms with Gasteiger partial charge in [-0.3, -0.25) is 4.90 Å². The molecule has 0 aliphatic rings. The molecule has 0 radical (unpaired) electrons. The van der Waals surface area contributed by atoms with Crippen molar-refractivity contribution in [2.75, 3.05) is 18.4 Å². The van der Waals surface area contributed by atoms with Crippen LogP contribution in [0.15, 0.2) is 42.5 Å². The van der Waals surface area contributed by atoms with Crippen molar-refractivity contribution in [3.8, 4) is 0 Å². The fourth-order valence-corrected chi connectivity index (χ4v) is 2.69. The highest BCUT2D eigenvalue weighted by atomic mass is 32.1. The normalized spacial score (nSPS) is 10.8. The van der Waals surface area contributed by atoms with Crippen molar-refractivity contribution in [3.05, 3.63) is 65.0 Å². The molecule has 3 nitrogen and oxygen atoms in total. The number of benzene rings is 2. The van der Waals surface area contributed by atoms with Crippen LogP contribution < -0.4 is 10.6 Å². The maximum atomic E-state index is 13.6. The Bertz CT molecular complexity index is 697. The van der Waals surface area contributed by atoms with E-state index in [0.29, 0.717) is 22.9 Å². The maximum Gasteiger partial charge on any atom is 0.171 e. The number of nitrogens with one attached hydrogen (secondary N) is 2. The number of hydrogen-bond acceptors (Lipinski definition) is 2. The molecule has 0 unspecified atom stereocenters. The van der Waals surface area contributed by atoms with Gasteiger partial charge < -0.3 is 10.6 Å². The number of anilines is 1. The third kappa shape index (κ3) is 6.11. The van der Waals surface area contributed by atoms with Gasteiger partial charge in [0.25, 0.3) is 0 Å². The standard InChI is InChI=1S/C20H26FN3S/c1-4-24(5-2)14-17-9-7-16(8-10-17)13-22-20(25)23-18-11-6-15(3)19(21)12-18/h6-12H,4-5,13-14H2,1-3H3,(H2,22,23,25). The van der Waals surface area contributed by atoms with Gasteiger partial charge in [0.2, 0.25) is 0 Å². The van der Waals surface area contributed by atoms with Crippen molar-refractivity contribution in [1.29, 1.82) is 0 Å². The van der Waals surface area contributed by atoms with Crippen molar-refractivity contribution in [1.82, 2.24) is 10.2 Å². The molecule has 0 aliphatic carbocycles. The first-order valence-electron chi connectivity index (χ1n) is 8.63. The number of hydrogen-bond donors (Lipinski definition) is 2. The molecule has 0 saturated carbocycles. The minimum atomic E-state index is -0.239. The Morgan fingerprint density at radius 3 is 2.28 bits per heavy atom. The Balaban J connectivity index is 1.84. The molecule has 0 saturated heterocycles. The van der Waals surface area contributed by atoms with E-state index < -0.39 is 0 Å². The predicted molar refractivity (Wildman–Crippen MR) is 107 cm³/mol. The molecule has 0 fully saturated rings. The number of aryl methyl sites for hydroxylation is 1. The fourth-order valence-electron chi connectivity index (χ4n) is 2.50. The summed E-state index contributed by atoms with van der Waals surface area (Å²) in [6.45, 7) is 9.80. The van der Waals surface area contributed by atoms with Gasteiger partial charge in [0, 0.05) is 18.8 Å². The Hall–Kier alpha value is -1.98. The van der Waals surface area contributed by atoms with Crippen LogP contribution >= 0.6 is 12.2 Å². The van der Waals surface area contributed by atoms with Gasteiger partial charge >= 0.3 is 0 Å². The van der Waals surface area contributed by atoms with E-state index in [4.69, 9.17) is 12.2 Å². The van der Waals surface area contributed by atoms with Gasteiger partial charge in [-0.1, -0.05) is 44.2 Å². The zero-order valence-electron chi connectivity index (χ0n) is 15.1. The highest BCUT2D eigenvalue weighted by Crippen LogP contribution is 2.13. The average Bonchev–Trinajstić information content (AvgIpc) is 2.62. The molecule has 2 N–H and O–H groups in total. The molecular formula is C20H26FN3S. The largest absolute Gasteiger partial charge is 0.358 e. The summed E-state index contributed by atoms with van der Waals surface area (Å²) >= 11 is 5.27. The average molecular weight is 360 g/mol. The van der Waals surface area contributed by atoms with Crippen LogP contribution in [0.4, 0.5) is 10.1 Å². The highest BCUT2D eigenvalue weighted by Gasteiger charge is 2.03. The summed E-state index contributed by atoms with van der Waals surface area (Å²) in [4.78, 5) is 2.38. The van der Waals surface area contributed by atoms with E-state index >= 15 is 0 Å². The molecule has 0 atom stereocenters. The third-order valence-electron chi connectivity index (χ3n) is 4.21. The molecule has 0 aromatic heterocycles. The Labute approximate surface area is 155 Å². The van der Waals surface area contributed by atoms with E-state index in [1.807, 2.05) is 6.07 Å². The number of thiocarbonyl (C=S) groups is 1. The quantitative estimate of drug-likeness (QED) is 0.714. The van der Waals surface area contributed by atoms with Gasteiger partial charge in [0.1, 0.15) is 5.82 Å². The van der Waals surface area contributed by atoms with Crippen molar-refractivity contribution in [2.45, 2.75) is 33.9 Å². The minimum absolute atomic E-state index is 0.239. The predicted octanol–water partition coefficient (Wildman–Crippen LogP) is 4.46. The summed E-state index contributed by atoms with van der Waals surface area (Å²) in [5, 5.41) is 6.64. The van der Waals surface area contributed by atoms with E-state index in [1.54, 1.807) is 13.0 Å². The molecule has 2 aromatic rings. The van der Waals surface area contributed by atoms with Crippen LogP contribution in [0.3, 0.4) is 0 Å². The second kappa shape index (κ2) is 9.49. The van der Waals surface area contributed by atoms with Crippen LogP contribution in [-0.4, -0.2) is 23.1 Å². The third-order valence-corrected chi connectivity index (χ3v) is 4.45. The first-order valence-corrected chi connectivity index (χ1v) is 9.03. The molecule has 25 heavy (non-hydrogen) atoms. The number of rotatable bonds is 7. The fraction of sp³-hybridized carbons (Fsp3) is 0.350. The smallest absolute Gasteiger partial charge is 0.171 e. The van der Waals surface area contributed by atoms with Crippen LogP contribution in [0.1, 0.15) is 30.5 Å². The van der Waals surface area contributed by atoms with Crippen LogP contribution in [0.25, 0.3) is 0 Å². The zero-order valence-corrected chi connectivity index (χ0v) is 15.9. The Morgan fingerprint density at radius 2 is 1.68 bits per heavy atom. The van der Waals surface area contributed by atoms with Crippen LogP contribution in [-0.2, 0) is 13.1 Å². The summed E-state index contributed by atoms with van der Waals surface area (Å²) in [6, 6.07) is 13.5. The molecule has 134 valence electrons. The van der Waals surface area contributed by atoms with Crippen molar-refractivity contribution >= 4 is 23.0 Å². The van der Waals surface area contributed by atoms with Crippen molar-refractivity contribution in [3.63, 3.8) is 0 Å². The molecular weight excluding hydrogens is 333 g/mol. The van der Waals surface area contributed by atoms with Crippen LogP contribution in [0, 0.1) is 12.7 Å². The van der Waals surface area contributed by atoms with Crippen LogP contribution in [0.2, 0.25) is 0 Å². The van der Waals surface area contributed by atoms with Crippen molar-refractivity contribution < 1.29 is 4.39 Å².